The van der Waals surface area contributed by atoms with E-state index >= 15 is 0 Å². The van der Waals surface area contributed by atoms with Crippen molar-refractivity contribution in [1.82, 2.24) is 5.09 Å². The molecule has 0 bridgehead atoms. The quantitative estimate of drug-likeness (QED) is 0.449. The van der Waals surface area contributed by atoms with Gasteiger partial charge in [-0.15, -0.1) is 0 Å². The summed E-state index contributed by atoms with van der Waals surface area (Å²) in [6.45, 7) is 1.55. The molecule has 26 heavy (non-hydrogen) atoms. The highest BCUT2D eigenvalue weighted by molar-refractivity contribution is 8.09. The number of benzene rings is 1. The summed E-state index contributed by atoms with van der Waals surface area (Å²) in [4.78, 5) is 10.2. The van der Waals surface area contributed by atoms with E-state index in [-0.39, 0.29) is 6.04 Å². The van der Waals surface area contributed by atoms with Crippen molar-refractivity contribution < 1.29 is 29.2 Å². The molecule has 0 fully saturated rings. The lowest BCUT2D eigenvalue weighted by atomic mass is 9.94. The first-order chi connectivity index (χ1) is 11.9. The van der Waals surface area contributed by atoms with E-state index in [1.165, 1.54) is 14.0 Å². The van der Waals surface area contributed by atoms with E-state index < -0.39 is 31.2 Å². The van der Waals surface area contributed by atoms with Gasteiger partial charge in [-0.05, 0) is 50.8 Å². The number of carbonyl (C=O) groups is 1. The molecule has 0 radical (unpaired) electrons. The summed E-state index contributed by atoms with van der Waals surface area (Å²) in [5.74, 6) is -0.720. The van der Waals surface area contributed by atoms with E-state index in [4.69, 9.17) is 59.4 Å². The maximum atomic E-state index is 10.2. The fourth-order valence-corrected chi connectivity index (χ4v) is 3.95. The Kier molecular flexibility index (Phi) is 11.2. The van der Waals surface area contributed by atoms with Crippen LogP contribution >= 0.6 is 29.8 Å². The molecule has 0 saturated heterocycles. The average molecular weight is 448 g/mol. The Morgan fingerprint density at radius 2 is 1.88 bits per heavy atom. The minimum atomic E-state index is -2.56. The summed E-state index contributed by atoms with van der Waals surface area (Å²) < 4.78 is 10.9. The van der Waals surface area contributed by atoms with Gasteiger partial charge < -0.3 is 24.4 Å². The Morgan fingerprint density at radius 1 is 1.35 bits per heavy atom. The predicted octanol–water partition coefficient (Wildman–Crippen LogP) is 3.30. The standard InChI is InChI=1S/C10H14Cl2NO2PS.C5H10O4/c1-7(2)13-16(17,14-3)15-10-5-4-8(11)6-9(10)12;1-5(2-6,3-7)4(8)9/h4-7H,1-3H3,(H,13,17);6-7H,2-3H2,1H3,(H,8,9). The Balaban J connectivity index is 0.000000590. The Morgan fingerprint density at radius 3 is 2.19 bits per heavy atom. The molecule has 1 atom stereocenters. The first-order valence-electron chi connectivity index (χ1n) is 7.46. The highest BCUT2D eigenvalue weighted by atomic mass is 35.5. The third-order valence-corrected chi connectivity index (χ3v) is 6.25. The van der Waals surface area contributed by atoms with Crippen molar-refractivity contribution in [3.05, 3.63) is 28.2 Å². The zero-order valence-corrected chi connectivity index (χ0v) is 18.1. The van der Waals surface area contributed by atoms with Gasteiger partial charge in [0.2, 0.25) is 0 Å². The van der Waals surface area contributed by atoms with Crippen molar-refractivity contribution >= 4 is 47.6 Å². The molecule has 150 valence electrons. The number of nitrogens with one attached hydrogen (secondary N) is 1. The van der Waals surface area contributed by atoms with Crippen LogP contribution < -0.4 is 9.61 Å². The molecule has 7 nitrogen and oxygen atoms in total. The summed E-state index contributed by atoms with van der Waals surface area (Å²) >= 11 is 17.1. The molecular formula is C15H24Cl2NO6PS. The molecule has 4 N–H and O–H groups in total. The fraction of sp³-hybridized carbons (Fsp3) is 0.533. The first-order valence-corrected chi connectivity index (χ1v) is 10.9. The lowest BCUT2D eigenvalue weighted by molar-refractivity contribution is -0.152. The Hall–Kier alpha value is -0.440. The van der Waals surface area contributed by atoms with Gasteiger partial charge >= 0.3 is 12.6 Å². The molecule has 0 aliphatic rings. The molecule has 0 amide bonds. The van der Waals surface area contributed by atoms with Crippen molar-refractivity contribution in [2.45, 2.75) is 26.8 Å². The number of aliphatic carboxylic acids is 1. The summed E-state index contributed by atoms with van der Waals surface area (Å²) in [5.41, 5.74) is -1.39. The van der Waals surface area contributed by atoms with Crippen molar-refractivity contribution in [3.8, 4) is 5.75 Å². The number of aliphatic hydroxyl groups is 2. The number of halogens is 2. The van der Waals surface area contributed by atoms with E-state index in [0.717, 1.165) is 0 Å². The van der Waals surface area contributed by atoms with Gasteiger partial charge in [-0.3, -0.25) is 4.79 Å². The average Bonchev–Trinajstić information content (AvgIpc) is 2.56. The van der Waals surface area contributed by atoms with Crippen LogP contribution in [0.15, 0.2) is 18.2 Å². The highest BCUT2D eigenvalue weighted by Gasteiger charge is 2.31. The molecule has 0 spiro atoms. The molecule has 1 unspecified atom stereocenters. The number of carboxylic acid groups (broad SMARTS) is 1. The lowest BCUT2D eigenvalue weighted by Gasteiger charge is -2.24. The van der Waals surface area contributed by atoms with Crippen LogP contribution in [0.2, 0.25) is 10.0 Å². The second-order valence-electron chi connectivity index (χ2n) is 5.81. The van der Waals surface area contributed by atoms with Crippen molar-refractivity contribution in [2.24, 2.45) is 5.41 Å². The topological polar surface area (TPSA) is 108 Å². The monoisotopic (exact) mass is 447 g/mol. The van der Waals surface area contributed by atoms with Crippen LogP contribution in [-0.2, 0) is 21.1 Å². The molecule has 0 aliphatic heterocycles. The maximum absolute atomic E-state index is 10.2. The SMILES string of the molecule is CC(CO)(CO)C(=O)O.COP(=S)(NC(C)C)Oc1ccc(Cl)cc1Cl. The van der Waals surface area contributed by atoms with Crippen LogP contribution in [0, 0.1) is 5.41 Å². The third-order valence-electron chi connectivity index (χ3n) is 2.98. The van der Waals surface area contributed by atoms with E-state index in [1.807, 2.05) is 13.8 Å². The molecule has 0 saturated carbocycles. The van der Waals surface area contributed by atoms with Gasteiger partial charge in [0.15, 0.2) is 0 Å². The van der Waals surface area contributed by atoms with Gasteiger partial charge in [0.1, 0.15) is 11.2 Å². The van der Waals surface area contributed by atoms with Crippen LogP contribution in [0.25, 0.3) is 0 Å². The molecule has 1 aromatic carbocycles. The van der Waals surface area contributed by atoms with Crippen LogP contribution in [-0.4, -0.2) is 47.7 Å². The van der Waals surface area contributed by atoms with Gasteiger partial charge in [-0.25, -0.2) is 5.09 Å². The zero-order valence-electron chi connectivity index (χ0n) is 14.9. The van der Waals surface area contributed by atoms with Crippen molar-refractivity contribution in [2.75, 3.05) is 20.3 Å². The number of aliphatic hydroxyl groups excluding tert-OH is 2. The number of hydrogen-bond acceptors (Lipinski definition) is 6. The van der Waals surface area contributed by atoms with E-state index in [1.54, 1.807) is 18.2 Å². The minimum absolute atomic E-state index is 0.159. The molecular weight excluding hydrogens is 424 g/mol. The largest absolute Gasteiger partial charge is 0.481 e. The molecule has 0 heterocycles. The van der Waals surface area contributed by atoms with E-state index in [2.05, 4.69) is 5.09 Å². The van der Waals surface area contributed by atoms with Crippen LogP contribution in [0.3, 0.4) is 0 Å². The molecule has 1 aromatic rings. The van der Waals surface area contributed by atoms with Gasteiger partial charge in [0.05, 0.1) is 18.2 Å². The van der Waals surface area contributed by atoms with E-state index in [9.17, 15) is 4.79 Å². The molecule has 0 aromatic heterocycles. The van der Waals surface area contributed by atoms with Gasteiger partial charge in [0.25, 0.3) is 0 Å². The van der Waals surface area contributed by atoms with E-state index in [0.29, 0.717) is 15.8 Å². The summed E-state index contributed by atoms with van der Waals surface area (Å²) in [7, 11) is 1.51. The third kappa shape index (κ3) is 8.50. The van der Waals surface area contributed by atoms with Gasteiger partial charge in [-0.1, -0.05) is 23.2 Å². The molecule has 11 heteroatoms. The Bertz CT molecular complexity index is 643. The summed E-state index contributed by atoms with van der Waals surface area (Å²) in [6.07, 6.45) is 0. The zero-order chi connectivity index (χ0) is 20.5. The lowest BCUT2D eigenvalue weighted by Crippen LogP contribution is -2.35. The van der Waals surface area contributed by atoms with Crippen LogP contribution in [0.1, 0.15) is 20.8 Å². The number of hydrogen-bond donors (Lipinski definition) is 4. The van der Waals surface area contributed by atoms with Crippen molar-refractivity contribution in [3.63, 3.8) is 0 Å². The first kappa shape index (κ1) is 25.6. The highest BCUT2D eigenvalue weighted by Crippen LogP contribution is 2.46. The minimum Gasteiger partial charge on any atom is -0.481 e. The predicted molar refractivity (Wildman–Crippen MR) is 107 cm³/mol. The summed E-state index contributed by atoms with van der Waals surface area (Å²) in [5, 5.41) is 29.2. The fourth-order valence-electron chi connectivity index (χ4n) is 1.30. The smallest absolute Gasteiger partial charge is 0.314 e. The normalized spacial score (nSPS) is 13.6. The Labute approximate surface area is 168 Å². The molecule has 0 aliphatic carbocycles. The molecule has 1 rings (SSSR count). The maximum Gasteiger partial charge on any atom is 0.314 e. The van der Waals surface area contributed by atoms with Gasteiger partial charge in [0, 0.05) is 18.2 Å². The van der Waals surface area contributed by atoms with Crippen LogP contribution in [0.4, 0.5) is 0 Å². The van der Waals surface area contributed by atoms with Gasteiger partial charge in [-0.2, -0.15) is 0 Å². The second-order valence-corrected chi connectivity index (χ2v) is 9.90. The second kappa shape index (κ2) is 11.4. The van der Waals surface area contributed by atoms with Crippen LogP contribution in [0.5, 0.6) is 5.75 Å². The summed E-state index contributed by atoms with van der Waals surface area (Å²) in [6, 6.07) is 5.12. The van der Waals surface area contributed by atoms with Crippen molar-refractivity contribution in [1.29, 1.82) is 0 Å². The number of carboxylic acids is 1. The number of rotatable bonds is 8.